The monoisotopic (exact) mass is 346 g/mol. The van der Waals surface area contributed by atoms with Crippen molar-refractivity contribution in [2.45, 2.75) is 18.9 Å². The Morgan fingerprint density at radius 2 is 1.92 bits per heavy atom. The Kier molecular flexibility index (Phi) is 4.10. The van der Waals surface area contributed by atoms with Crippen molar-refractivity contribution in [2.75, 3.05) is 31.1 Å². The van der Waals surface area contributed by atoms with E-state index >= 15 is 0 Å². The van der Waals surface area contributed by atoms with Crippen LogP contribution in [0.25, 0.3) is 11.3 Å². The average molecular weight is 346 g/mol. The van der Waals surface area contributed by atoms with Gasteiger partial charge in [0.2, 0.25) is 0 Å². The molecular weight excluding hydrogens is 327 g/mol. The van der Waals surface area contributed by atoms with Crippen molar-refractivity contribution in [3.63, 3.8) is 0 Å². The fourth-order valence-corrected chi connectivity index (χ4v) is 4.25. The van der Waals surface area contributed by atoms with Crippen LogP contribution < -0.4 is 10.2 Å². The summed E-state index contributed by atoms with van der Waals surface area (Å²) in [4.78, 5) is 20.7. The van der Waals surface area contributed by atoms with Gasteiger partial charge in [0, 0.05) is 43.2 Å². The maximum Gasteiger partial charge on any atom is 0.317 e. The summed E-state index contributed by atoms with van der Waals surface area (Å²) in [7, 11) is 0. The van der Waals surface area contributed by atoms with Crippen molar-refractivity contribution >= 4 is 22.5 Å². The van der Waals surface area contributed by atoms with Crippen LogP contribution in [0, 0.1) is 5.82 Å². The Morgan fingerprint density at radius 3 is 2.58 bits per heavy atom. The summed E-state index contributed by atoms with van der Waals surface area (Å²) < 4.78 is 13.0. The second-order valence-corrected chi connectivity index (χ2v) is 7.00. The van der Waals surface area contributed by atoms with Gasteiger partial charge in [0.05, 0.1) is 5.69 Å². The van der Waals surface area contributed by atoms with E-state index in [1.807, 2.05) is 10.3 Å². The maximum absolute atomic E-state index is 13.0. The van der Waals surface area contributed by atoms with Gasteiger partial charge in [-0.2, -0.15) is 0 Å². The van der Waals surface area contributed by atoms with Crippen LogP contribution in [-0.2, 0) is 0 Å². The first-order valence-electron chi connectivity index (χ1n) is 8.21. The highest BCUT2D eigenvalue weighted by molar-refractivity contribution is 7.14. The molecule has 0 atom stereocenters. The van der Waals surface area contributed by atoms with Crippen molar-refractivity contribution in [2.24, 2.45) is 0 Å². The molecule has 4 rings (SSSR count). The van der Waals surface area contributed by atoms with E-state index in [-0.39, 0.29) is 11.8 Å². The Labute approximate surface area is 144 Å². The van der Waals surface area contributed by atoms with Crippen LogP contribution in [0.5, 0.6) is 0 Å². The highest BCUT2D eigenvalue weighted by atomic mass is 32.1. The molecule has 1 N–H and O–H groups in total. The van der Waals surface area contributed by atoms with E-state index in [0.717, 1.165) is 55.4 Å². The molecule has 7 heteroatoms. The molecule has 0 unspecified atom stereocenters. The fourth-order valence-electron chi connectivity index (χ4n) is 3.37. The highest BCUT2D eigenvalue weighted by Crippen LogP contribution is 2.30. The zero-order chi connectivity index (χ0) is 16.5. The van der Waals surface area contributed by atoms with Crippen molar-refractivity contribution in [1.29, 1.82) is 0 Å². The summed E-state index contributed by atoms with van der Waals surface area (Å²) in [5, 5.41) is 5.89. The number of nitrogens with one attached hydrogen (secondary N) is 1. The molecule has 1 aromatic heterocycles. The van der Waals surface area contributed by atoms with Crippen molar-refractivity contribution < 1.29 is 9.18 Å². The molecule has 0 radical (unpaired) electrons. The second-order valence-electron chi connectivity index (χ2n) is 6.17. The fraction of sp³-hybridized carbons (Fsp3) is 0.412. The Bertz CT molecular complexity index is 724. The van der Waals surface area contributed by atoms with Crippen LogP contribution in [0.1, 0.15) is 12.8 Å². The number of piperidine rings is 1. The number of hydrogen-bond acceptors (Lipinski definition) is 4. The number of hydrogen-bond donors (Lipinski definition) is 1. The largest absolute Gasteiger partial charge is 0.348 e. The van der Waals surface area contributed by atoms with Gasteiger partial charge in [-0.05, 0) is 37.1 Å². The summed E-state index contributed by atoms with van der Waals surface area (Å²) >= 11 is 1.62. The smallest absolute Gasteiger partial charge is 0.317 e. The zero-order valence-corrected chi connectivity index (χ0v) is 14.1. The first-order valence-corrected chi connectivity index (χ1v) is 9.09. The highest BCUT2D eigenvalue weighted by Gasteiger charge is 2.31. The molecule has 5 nitrogen and oxygen atoms in total. The van der Waals surface area contributed by atoms with Gasteiger partial charge in [-0.25, -0.2) is 14.2 Å². The van der Waals surface area contributed by atoms with Crippen LogP contribution in [-0.4, -0.2) is 48.1 Å². The van der Waals surface area contributed by atoms with Crippen molar-refractivity contribution in [1.82, 2.24) is 15.2 Å². The van der Waals surface area contributed by atoms with Gasteiger partial charge in [-0.3, -0.25) is 0 Å². The van der Waals surface area contributed by atoms with Crippen molar-refractivity contribution in [3.05, 3.63) is 35.5 Å². The molecule has 2 aliphatic heterocycles. The van der Waals surface area contributed by atoms with Crippen LogP contribution in [0.15, 0.2) is 29.6 Å². The Balaban J connectivity index is 1.41. The van der Waals surface area contributed by atoms with E-state index in [9.17, 15) is 9.18 Å². The molecule has 126 valence electrons. The maximum atomic E-state index is 13.0. The molecule has 2 saturated heterocycles. The summed E-state index contributed by atoms with van der Waals surface area (Å²) in [6.45, 7) is 3.39. The van der Waals surface area contributed by atoms with Gasteiger partial charge < -0.3 is 15.1 Å². The number of amides is 2. The minimum absolute atomic E-state index is 0.0706. The lowest BCUT2D eigenvalue weighted by Gasteiger charge is -2.35. The Morgan fingerprint density at radius 1 is 1.17 bits per heavy atom. The Hall–Kier alpha value is -2.15. The van der Waals surface area contributed by atoms with E-state index in [1.54, 1.807) is 23.5 Å². The molecular formula is C17H19FN4OS. The van der Waals surface area contributed by atoms with E-state index < -0.39 is 0 Å². The zero-order valence-electron chi connectivity index (χ0n) is 13.2. The minimum atomic E-state index is -0.234. The number of thiazole rings is 1. The predicted molar refractivity (Wildman–Crippen MR) is 92.8 cm³/mol. The van der Waals surface area contributed by atoms with Gasteiger partial charge in [0.1, 0.15) is 5.82 Å². The van der Waals surface area contributed by atoms with E-state index in [1.165, 1.54) is 12.1 Å². The van der Waals surface area contributed by atoms with Crippen molar-refractivity contribution in [3.8, 4) is 11.3 Å². The summed E-state index contributed by atoms with van der Waals surface area (Å²) in [6.07, 6.45) is 1.94. The van der Waals surface area contributed by atoms with Gasteiger partial charge in [-0.15, -0.1) is 11.3 Å². The molecule has 2 amide bonds. The number of aromatic nitrogens is 1. The molecule has 0 spiro atoms. The number of halogens is 1. The van der Waals surface area contributed by atoms with Crippen LogP contribution in [0.2, 0.25) is 0 Å². The number of benzene rings is 1. The number of urea groups is 1. The number of carbonyl (C=O) groups is 1. The molecule has 0 bridgehead atoms. The van der Waals surface area contributed by atoms with Gasteiger partial charge in [0.25, 0.3) is 0 Å². The van der Waals surface area contributed by atoms with Gasteiger partial charge >= 0.3 is 6.03 Å². The lowest BCUT2D eigenvalue weighted by molar-refractivity contribution is 0.186. The summed E-state index contributed by atoms with van der Waals surface area (Å²) in [5.74, 6) is -0.234. The molecule has 2 aliphatic rings. The molecule has 0 saturated carbocycles. The molecule has 2 aromatic rings. The van der Waals surface area contributed by atoms with Crippen LogP contribution in [0.4, 0.5) is 14.3 Å². The lowest BCUT2D eigenvalue weighted by Crippen LogP contribution is -2.46. The second kappa shape index (κ2) is 6.39. The number of nitrogens with zero attached hydrogens (tertiary/aromatic N) is 3. The standard InChI is InChI=1S/C17H19FN4OS/c18-13-3-1-12(2-4-13)15-11-24-17(20-15)21-8-5-14(6-9-21)22-10-7-19-16(22)23/h1-4,11,14H,5-10H2,(H,19,23). The molecule has 3 heterocycles. The average Bonchev–Trinajstić information content (AvgIpc) is 3.25. The quantitative estimate of drug-likeness (QED) is 0.930. The topological polar surface area (TPSA) is 48.5 Å². The third-order valence-corrected chi connectivity index (χ3v) is 5.60. The minimum Gasteiger partial charge on any atom is -0.348 e. The summed E-state index contributed by atoms with van der Waals surface area (Å²) in [5.41, 5.74) is 1.82. The normalized spacial score (nSPS) is 19.0. The van der Waals surface area contributed by atoms with Crippen LogP contribution in [0.3, 0.4) is 0 Å². The van der Waals surface area contributed by atoms with Gasteiger partial charge in [-0.1, -0.05) is 0 Å². The van der Waals surface area contributed by atoms with Gasteiger partial charge in [0.15, 0.2) is 5.13 Å². The molecule has 1 aromatic carbocycles. The number of anilines is 1. The summed E-state index contributed by atoms with van der Waals surface area (Å²) in [6, 6.07) is 6.84. The molecule has 2 fully saturated rings. The first kappa shape index (κ1) is 15.4. The predicted octanol–water partition coefficient (Wildman–Crippen LogP) is 2.94. The van der Waals surface area contributed by atoms with Crippen LogP contribution >= 0.6 is 11.3 Å². The van der Waals surface area contributed by atoms with E-state index in [0.29, 0.717) is 6.04 Å². The lowest BCUT2D eigenvalue weighted by atomic mass is 10.0. The number of carbonyl (C=O) groups excluding carboxylic acids is 1. The SMILES string of the molecule is O=C1NCCN1C1CCN(c2nc(-c3ccc(F)cc3)cs2)CC1. The third kappa shape index (κ3) is 2.96. The number of rotatable bonds is 3. The van der Waals surface area contributed by atoms with E-state index in [2.05, 4.69) is 10.2 Å². The van der Waals surface area contributed by atoms with E-state index in [4.69, 9.17) is 4.98 Å². The first-order chi connectivity index (χ1) is 11.7. The third-order valence-electron chi connectivity index (χ3n) is 4.70. The molecule has 24 heavy (non-hydrogen) atoms. The molecule has 0 aliphatic carbocycles.